The Morgan fingerprint density at radius 2 is 2.32 bits per heavy atom. The van der Waals surface area contributed by atoms with Crippen molar-refractivity contribution in [1.29, 1.82) is 0 Å². The minimum atomic E-state index is -0.200. The number of aromatic nitrogens is 5. The van der Waals surface area contributed by atoms with Crippen LogP contribution in [0.3, 0.4) is 0 Å². The van der Waals surface area contributed by atoms with Gasteiger partial charge in [-0.1, -0.05) is 0 Å². The number of aryl methyl sites for hydroxylation is 2. The zero-order valence-corrected chi connectivity index (χ0v) is 14.9. The fourth-order valence-electron chi connectivity index (χ4n) is 3.03. The standard InChI is InChI=1S/C16H18N6O2S/c1-3-21-8-6-11(20-21)16(23)22-7-4-5-12(22)14-18-19-15(24-14)13-10(2)17-9-25-13/h6,8-9,12H,3-5,7H2,1-2H3. The van der Waals surface area contributed by atoms with E-state index in [0.29, 0.717) is 24.0 Å². The third-order valence-electron chi connectivity index (χ3n) is 4.36. The number of carbonyl (C=O) groups excluding carboxylic acids is 1. The fourth-order valence-corrected chi connectivity index (χ4v) is 3.76. The number of amides is 1. The van der Waals surface area contributed by atoms with E-state index in [-0.39, 0.29) is 11.9 Å². The van der Waals surface area contributed by atoms with Crippen LogP contribution in [0.5, 0.6) is 0 Å². The van der Waals surface area contributed by atoms with E-state index in [2.05, 4.69) is 20.3 Å². The van der Waals surface area contributed by atoms with Crippen molar-refractivity contribution in [1.82, 2.24) is 29.9 Å². The molecule has 1 amide bonds. The summed E-state index contributed by atoms with van der Waals surface area (Å²) in [6, 6.07) is 1.55. The van der Waals surface area contributed by atoms with Gasteiger partial charge in [0.2, 0.25) is 5.89 Å². The van der Waals surface area contributed by atoms with Gasteiger partial charge in [-0.2, -0.15) is 5.10 Å². The summed E-state index contributed by atoms with van der Waals surface area (Å²) in [5, 5.41) is 12.6. The van der Waals surface area contributed by atoms with E-state index in [9.17, 15) is 4.79 Å². The van der Waals surface area contributed by atoms with Gasteiger partial charge < -0.3 is 9.32 Å². The molecule has 0 spiro atoms. The Labute approximate surface area is 148 Å². The summed E-state index contributed by atoms with van der Waals surface area (Å²) in [4.78, 5) is 19.7. The highest BCUT2D eigenvalue weighted by atomic mass is 32.1. The predicted molar refractivity (Wildman–Crippen MR) is 91.1 cm³/mol. The molecule has 4 heterocycles. The quantitative estimate of drug-likeness (QED) is 0.712. The van der Waals surface area contributed by atoms with Crippen molar-refractivity contribution in [3.8, 4) is 10.8 Å². The molecule has 1 atom stereocenters. The number of hydrogen-bond donors (Lipinski definition) is 0. The molecule has 9 heteroatoms. The third kappa shape index (κ3) is 2.84. The number of nitrogens with zero attached hydrogens (tertiary/aromatic N) is 6. The molecule has 8 nitrogen and oxygen atoms in total. The van der Waals surface area contributed by atoms with Crippen LogP contribution in [-0.2, 0) is 6.54 Å². The first-order chi connectivity index (χ1) is 12.2. The molecule has 0 aromatic carbocycles. The van der Waals surface area contributed by atoms with Crippen molar-refractivity contribution in [2.75, 3.05) is 6.54 Å². The van der Waals surface area contributed by atoms with Crippen molar-refractivity contribution < 1.29 is 9.21 Å². The molecule has 0 bridgehead atoms. The van der Waals surface area contributed by atoms with E-state index in [4.69, 9.17) is 4.42 Å². The lowest BCUT2D eigenvalue weighted by atomic mass is 10.2. The van der Waals surface area contributed by atoms with Crippen LogP contribution in [0.25, 0.3) is 10.8 Å². The van der Waals surface area contributed by atoms with E-state index in [1.165, 1.54) is 11.3 Å². The highest BCUT2D eigenvalue weighted by Crippen LogP contribution is 2.34. The second-order valence-corrected chi connectivity index (χ2v) is 6.78. The minimum Gasteiger partial charge on any atom is -0.418 e. The molecular weight excluding hydrogens is 340 g/mol. The summed E-state index contributed by atoms with van der Waals surface area (Å²) in [5.74, 6) is 0.844. The van der Waals surface area contributed by atoms with Crippen molar-refractivity contribution in [2.24, 2.45) is 0 Å². The molecule has 1 unspecified atom stereocenters. The van der Waals surface area contributed by atoms with Crippen LogP contribution in [0.15, 0.2) is 22.2 Å². The van der Waals surface area contributed by atoms with Crippen LogP contribution in [-0.4, -0.2) is 42.3 Å². The molecule has 0 saturated carbocycles. The molecule has 1 aliphatic rings. The molecule has 130 valence electrons. The Kier molecular flexibility index (Phi) is 4.08. The molecule has 0 N–H and O–H groups in total. The van der Waals surface area contributed by atoms with Gasteiger partial charge in [-0.25, -0.2) is 4.98 Å². The van der Waals surface area contributed by atoms with E-state index >= 15 is 0 Å². The normalized spacial score (nSPS) is 17.4. The summed E-state index contributed by atoms with van der Waals surface area (Å²) in [6.07, 6.45) is 3.53. The average molecular weight is 358 g/mol. The summed E-state index contributed by atoms with van der Waals surface area (Å²) in [6.45, 7) is 5.30. The number of thiazole rings is 1. The first kappa shape index (κ1) is 15.9. The predicted octanol–water partition coefficient (Wildman–Crippen LogP) is 2.70. The van der Waals surface area contributed by atoms with Gasteiger partial charge >= 0.3 is 0 Å². The molecular formula is C16H18N6O2S. The van der Waals surface area contributed by atoms with Crippen LogP contribution in [0.4, 0.5) is 0 Å². The molecule has 3 aromatic rings. The maximum atomic E-state index is 12.8. The topological polar surface area (TPSA) is 89.9 Å². The van der Waals surface area contributed by atoms with Gasteiger partial charge in [0.1, 0.15) is 16.6 Å². The van der Waals surface area contributed by atoms with Crippen molar-refractivity contribution in [2.45, 2.75) is 39.3 Å². The average Bonchev–Trinajstić information content (AvgIpc) is 3.38. The second kappa shape index (κ2) is 6.40. The fraction of sp³-hybridized carbons (Fsp3) is 0.438. The smallest absolute Gasteiger partial charge is 0.275 e. The number of rotatable bonds is 4. The Hall–Kier alpha value is -2.55. The van der Waals surface area contributed by atoms with Crippen molar-refractivity contribution in [3.63, 3.8) is 0 Å². The lowest BCUT2D eigenvalue weighted by Gasteiger charge is -2.20. The van der Waals surface area contributed by atoms with Gasteiger partial charge in [0.05, 0.1) is 11.2 Å². The largest absolute Gasteiger partial charge is 0.418 e. The number of carbonyl (C=O) groups is 1. The number of hydrogen-bond acceptors (Lipinski definition) is 7. The summed E-state index contributed by atoms with van der Waals surface area (Å²) in [7, 11) is 0. The van der Waals surface area contributed by atoms with E-state index in [1.807, 2.05) is 20.0 Å². The Balaban J connectivity index is 1.58. The van der Waals surface area contributed by atoms with Gasteiger partial charge in [-0.15, -0.1) is 21.5 Å². The monoisotopic (exact) mass is 358 g/mol. The van der Waals surface area contributed by atoms with Crippen LogP contribution >= 0.6 is 11.3 Å². The SMILES string of the molecule is CCn1ccc(C(=O)N2CCCC2c2nnc(-c3scnc3C)o2)n1. The first-order valence-electron chi connectivity index (χ1n) is 8.25. The first-order valence-corrected chi connectivity index (χ1v) is 9.13. The molecule has 25 heavy (non-hydrogen) atoms. The van der Waals surface area contributed by atoms with E-state index < -0.39 is 0 Å². The Morgan fingerprint density at radius 3 is 3.04 bits per heavy atom. The maximum Gasteiger partial charge on any atom is 0.275 e. The molecule has 0 radical (unpaired) electrons. The lowest BCUT2D eigenvalue weighted by Crippen LogP contribution is -2.31. The van der Waals surface area contributed by atoms with Crippen molar-refractivity contribution >= 4 is 17.2 Å². The zero-order chi connectivity index (χ0) is 17.4. The van der Waals surface area contributed by atoms with Crippen LogP contribution in [0, 0.1) is 6.92 Å². The maximum absolute atomic E-state index is 12.8. The van der Waals surface area contributed by atoms with Crippen LogP contribution < -0.4 is 0 Å². The Bertz CT molecular complexity index is 898. The minimum absolute atomic E-state index is 0.0941. The van der Waals surface area contributed by atoms with Gasteiger partial charge in [0.15, 0.2) is 0 Å². The lowest BCUT2D eigenvalue weighted by molar-refractivity contribution is 0.0709. The van der Waals surface area contributed by atoms with Crippen molar-refractivity contribution in [3.05, 3.63) is 35.1 Å². The summed E-state index contributed by atoms with van der Waals surface area (Å²) in [5.41, 5.74) is 3.07. The highest BCUT2D eigenvalue weighted by molar-refractivity contribution is 7.13. The Morgan fingerprint density at radius 1 is 1.44 bits per heavy atom. The van der Waals surface area contributed by atoms with Crippen LogP contribution in [0.2, 0.25) is 0 Å². The summed E-state index contributed by atoms with van der Waals surface area (Å²) < 4.78 is 7.61. The summed E-state index contributed by atoms with van der Waals surface area (Å²) >= 11 is 1.47. The van der Waals surface area contributed by atoms with Gasteiger partial charge in [-0.05, 0) is 32.8 Å². The van der Waals surface area contributed by atoms with E-state index in [0.717, 1.165) is 30.0 Å². The van der Waals surface area contributed by atoms with Gasteiger partial charge in [0.25, 0.3) is 11.8 Å². The highest BCUT2D eigenvalue weighted by Gasteiger charge is 2.35. The molecule has 3 aromatic heterocycles. The van der Waals surface area contributed by atoms with Crippen LogP contribution in [0.1, 0.15) is 47.9 Å². The van der Waals surface area contributed by atoms with E-state index in [1.54, 1.807) is 21.2 Å². The van der Waals surface area contributed by atoms with Gasteiger partial charge in [-0.3, -0.25) is 9.48 Å². The molecule has 4 rings (SSSR count). The molecule has 1 fully saturated rings. The molecule has 0 aliphatic carbocycles. The van der Waals surface area contributed by atoms with Gasteiger partial charge in [0, 0.05) is 19.3 Å². The molecule has 1 saturated heterocycles. The second-order valence-electron chi connectivity index (χ2n) is 5.93. The molecule has 1 aliphatic heterocycles. The number of likely N-dealkylation sites (tertiary alicyclic amines) is 1. The third-order valence-corrected chi connectivity index (χ3v) is 5.28. The zero-order valence-electron chi connectivity index (χ0n) is 14.0.